The van der Waals surface area contributed by atoms with Crippen LogP contribution in [0.4, 0.5) is 0 Å². The van der Waals surface area contributed by atoms with Crippen LogP contribution in [0.5, 0.6) is 0 Å². The van der Waals surface area contributed by atoms with Crippen LogP contribution in [0.3, 0.4) is 0 Å². The van der Waals surface area contributed by atoms with E-state index < -0.39 is 0 Å². The highest BCUT2D eigenvalue weighted by molar-refractivity contribution is 5.90. The van der Waals surface area contributed by atoms with E-state index in [2.05, 4.69) is 22.1 Å². The smallest absolute Gasteiger partial charge is 0.293 e. The van der Waals surface area contributed by atoms with Crippen molar-refractivity contribution in [3.8, 4) is 0 Å². The van der Waals surface area contributed by atoms with Crippen molar-refractivity contribution in [3.05, 3.63) is 23.3 Å². The van der Waals surface area contributed by atoms with Crippen LogP contribution in [-0.2, 0) is 11.2 Å². The Hall–Kier alpha value is -1.69. The molecule has 2 heterocycles. The van der Waals surface area contributed by atoms with E-state index in [1.54, 1.807) is 12.0 Å². The number of aromatic nitrogens is 3. The predicted octanol–water partition coefficient (Wildman–Crippen LogP) is 1.18. The molecular formula is C13H20N4O2. The molecular weight excluding hydrogens is 244 g/mol. The van der Waals surface area contributed by atoms with E-state index >= 15 is 0 Å². The Bertz CT molecular complexity index is 467. The lowest BCUT2D eigenvalue weighted by atomic mass is 10.1. The summed E-state index contributed by atoms with van der Waals surface area (Å²) in [6.07, 6.45) is 4.70. The second-order valence-electron chi connectivity index (χ2n) is 4.65. The molecule has 1 aliphatic heterocycles. The first-order valence-electron chi connectivity index (χ1n) is 6.62. The Morgan fingerprint density at radius 3 is 3.05 bits per heavy atom. The van der Waals surface area contributed by atoms with Gasteiger partial charge in [-0.05, 0) is 18.4 Å². The number of nitrogens with one attached hydrogen (secondary N) is 1. The number of aromatic amines is 1. The Morgan fingerprint density at radius 1 is 1.58 bits per heavy atom. The number of ether oxygens (including phenoxy) is 1. The van der Waals surface area contributed by atoms with Crippen LogP contribution in [0.1, 0.15) is 36.2 Å². The topological polar surface area (TPSA) is 71.1 Å². The summed E-state index contributed by atoms with van der Waals surface area (Å²) >= 11 is 0. The summed E-state index contributed by atoms with van der Waals surface area (Å²) in [5.74, 6) is 0.942. The second-order valence-corrected chi connectivity index (χ2v) is 4.65. The quantitative estimate of drug-likeness (QED) is 0.811. The van der Waals surface area contributed by atoms with Crippen LogP contribution in [-0.4, -0.2) is 52.8 Å². The third-order valence-corrected chi connectivity index (χ3v) is 3.13. The number of aryl methyl sites for hydroxylation is 1. The highest BCUT2D eigenvalue weighted by Gasteiger charge is 2.22. The summed E-state index contributed by atoms with van der Waals surface area (Å²) in [5, 5.41) is 6.80. The van der Waals surface area contributed by atoms with Crippen LogP contribution < -0.4 is 0 Å². The SMILES string of the molecule is CCCc1nc(C(=O)N2CC=C(COC)CC2)n[nH]1. The van der Waals surface area contributed by atoms with Crippen molar-refractivity contribution in [3.63, 3.8) is 0 Å². The minimum Gasteiger partial charge on any atom is -0.380 e. The molecule has 0 aromatic carbocycles. The molecule has 6 heteroatoms. The fourth-order valence-electron chi connectivity index (χ4n) is 2.09. The van der Waals surface area contributed by atoms with Crippen molar-refractivity contribution >= 4 is 5.91 Å². The third kappa shape index (κ3) is 3.41. The average molecular weight is 264 g/mol. The van der Waals surface area contributed by atoms with Crippen LogP contribution >= 0.6 is 0 Å². The standard InChI is InChI=1S/C13H20N4O2/c1-3-4-11-14-12(16-15-11)13(18)17-7-5-10(6-8-17)9-19-2/h5H,3-4,6-9H2,1-2H3,(H,14,15,16). The van der Waals surface area contributed by atoms with Gasteiger partial charge in [-0.25, -0.2) is 4.98 Å². The molecule has 0 radical (unpaired) electrons. The number of H-pyrrole nitrogens is 1. The number of hydrogen-bond acceptors (Lipinski definition) is 4. The first kappa shape index (κ1) is 13.7. The molecule has 19 heavy (non-hydrogen) atoms. The first-order valence-corrected chi connectivity index (χ1v) is 6.62. The van der Waals surface area contributed by atoms with Gasteiger partial charge >= 0.3 is 0 Å². The zero-order valence-corrected chi connectivity index (χ0v) is 11.5. The summed E-state index contributed by atoms with van der Waals surface area (Å²) in [5.41, 5.74) is 1.24. The maximum Gasteiger partial charge on any atom is 0.293 e. The molecule has 2 rings (SSSR count). The molecule has 1 N–H and O–H groups in total. The van der Waals surface area contributed by atoms with E-state index in [1.165, 1.54) is 5.57 Å². The molecule has 0 atom stereocenters. The number of carbonyl (C=O) groups excluding carboxylic acids is 1. The van der Waals surface area contributed by atoms with Gasteiger partial charge in [-0.1, -0.05) is 13.0 Å². The van der Waals surface area contributed by atoms with Crippen LogP contribution in [0.15, 0.2) is 11.6 Å². The Kier molecular flexibility index (Phi) is 4.68. The lowest BCUT2D eigenvalue weighted by Crippen LogP contribution is -2.36. The summed E-state index contributed by atoms with van der Waals surface area (Å²) in [6.45, 7) is 4.01. The van der Waals surface area contributed by atoms with E-state index in [0.29, 0.717) is 19.7 Å². The second kappa shape index (κ2) is 6.47. The van der Waals surface area contributed by atoms with E-state index in [-0.39, 0.29) is 11.7 Å². The van der Waals surface area contributed by atoms with Gasteiger partial charge in [0.25, 0.3) is 5.91 Å². The minimum atomic E-state index is -0.105. The molecule has 104 valence electrons. The number of rotatable bonds is 5. The van der Waals surface area contributed by atoms with Crippen LogP contribution in [0.25, 0.3) is 0 Å². The number of nitrogens with zero attached hydrogens (tertiary/aromatic N) is 3. The first-order chi connectivity index (χ1) is 9.24. The van der Waals surface area contributed by atoms with Crippen LogP contribution in [0, 0.1) is 0 Å². The number of methoxy groups -OCH3 is 1. The molecule has 0 aliphatic carbocycles. The van der Waals surface area contributed by atoms with Gasteiger partial charge in [0, 0.05) is 26.6 Å². The fraction of sp³-hybridized carbons (Fsp3) is 0.615. The van der Waals surface area contributed by atoms with Crippen molar-refractivity contribution in [2.45, 2.75) is 26.2 Å². The van der Waals surface area contributed by atoms with Gasteiger partial charge in [0.1, 0.15) is 5.82 Å². The zero-order chi connectivity index (χ0) is 13.7. The third-order valence-electron chi connectivity index (χ3n) is 3.13. The molecule has 1 aliphatic rings. The highest BCUT2D eigenvalue weighted by atomic mass is 16.5. The van der Waals surface area contributed by atoms with Crippen LogP contribution in [0.2, 0.25) is 0 Å². The maximum atomic E-state index is 12.2. The molecule has 0 saturated carbocycles. The Balaban J connectivity index is 1.96. The molecule has 6 nitrogen and oxygen atoms in total. The van der Waals surface area contributed by atoms with Crippen molar-refractivity contribution in [1.29, 1.82) is 0 Å². The normalized spacial score (nSPS) is 15.5. The molecule has 0 spiro atoms. The van der Waals surface area contributed by atoms with Gasteiger partial charge in [-0.15, -0.1) is 5.10 Å². The monoisotopic (exact) mass is 264 g/mol. The van der Waals surface area contributed by atoms with E-state index in [0.717, 1.165) is 25.1 Å². The molecule has 0 saturated heterocycles. The van der Waals surface area contributed by atoms with Crippen molar-refractivity contribution in [1.82, 2.24) is 20.1 Å². The average Bonchev–Trinajstić information content (AvgIpc) is 2.88. The van der Waals surface area contributed by atoms with E-state index in [1.807, 2.05) is 6.08 Å². The van der Waals surface area contributed by atoms with Crippen molar-refractivity contribution < 1.29 is 9.53 Å². The van der Waals surface area contributed by atoms with Gasteiger partial charge in [0.2, 0.25) is 5.82 Å². The summed E-state index contributed by atoms with van der Waals surface area (Å²) in [4.78, 5) is 18.2. The maximum absolute atomic E-state index is 12.2. The molecule has 0 unspecified atom stereocenters. The summed E-state index contributed by atoms with van der Waals surface area (Å²) in [6, 6.07) is 0. The fourth-order valence-corrected chi connectivity index (χ4v) is 2.09. The van der Waals surface area contributed by atoms with E-state index in [9.17, 15) is 4.79 Å². The van der Waals surface area contributed by atoms with Gasteiger partial charge in [-0.2, -0.15) is 0 Å². The molecule has 1 aromatic rings. The van der Waals surface area contributed by atoms with Crippen molar-refractivity contribution in [2.24, 2.45) is 0 Å². The molecule has 0 bridgehead atoms. The molecule has 1 aromatic heterocycles. The lowest BCUT2D eigenvalue weighted by Gasteiger charge is -2.25. The predicted molar refractivity (Wildman–Crippen MR) is 70.9 cm³/mol. The van der Waals surface area contributed by atoms with Crippen molar-refractivity contribution in [2.75, 3.05) is 26.8 Å². The van der Waals surface area contributed by atoms with Gasteiger partial charge in [0.15, 0.2) is 0 Å². The Morgan fingerprint density at radius 2 is 2.42 bits per heavy atom. The number of hydrogen-bond donors (Lipinski definition) is 1. The summed E-state index contributed by atoms with van der Waals surface area (Å²) < 4.78 is 5.09. The number of carbonyl (C=O) groups is 1. The Labute approximate surface area is 112 Å². The largest absolute Gasteiger partial charge is 0.380 e. The van der Waals surface area contributed by atoms with Gasteiger partial charge < -0.3 is 9.64 Å². The molecule has 0 fully saturated rings. The highest BCUT2D eigenvalue weighted by Crippen LogP contribution is 2.12. The van der Waals surface area contributed by atoms with E-state index in [4.69, 9.17) is 4.74 Å². The summed E-state index contributed by atoms with van der Waals surface area (Å²) in [7, 11) is 1.68. The number of amides is 1. The molecule has 1 amide bonds. The minimum absolute atomic E-state index is 0.105. The zero-order valence-electron chi connectivity index (χ0n) is 11.5. The van der Waals surface area contributed by atoms with Gasteiger partial charge in [-0.3, -0.25) is 9.89 Å². The van der Waals surface area contributed by atoms with Gasteiger partial charge in [0.05, 0.1) is 6.61 Å². The lowest BCUT2D eigenvalue weighted by molar-refractivity contribution is 0.0753.